The van der Waals surface area contributed by atoms with Gasteiger partial charge in [-0.2, -0.15) is 0 Å². The van der Waals surface area contributed by atoms with Crippen molar-refractivity contribution >= 4 is 21.2 Å². The molecule has 2 atom stereocenters. The lowest BCUT2D eigenvalue weighted by Gasteiger charge is -2.20. The first-order valence-electron chi connectivity index (χ1n) is 5.37. The van der Waals surface area contributed by atoms with Crippen LogP contribution in [-0.4, -0.2) is 38.0 Å². The summed E-state index contributed by atoms with van der Waals surface area (Å²) >= 11 is 1.62. The molecular weight excluding hydrogens is 244 g/mol. The first kappa shape index (κ1) is 12.0. The van der Waals surface area contributed by atoms with Crippen molar-refractivity contribution in [2.24, 2.45) is 5.92 Å². The van der Waals surface area contributed by atoms with Crippen LogP contribution >= 0.6 is 11.3 Å². The van der Waals surface area contributed by atoms with Gasteiger partial charge in [-0.1, -0.05) is 0 Å². The predicted molar refractivity (Wildman–Crippen MR) is 65.4 cm³/mol. The van der Waals surface area contributed by atoms with E-state index < -0.39 is 9.84 Å². The third-order valence-electron chi connectivity index (χ3n) is 3.09. The highest BCUT2D eigenvalue weighted by Gasteiger charge is 2.33. The summed E-state index contributed by atoms with van der Waals surface area (Å²) in [7, 11) is -0.894. The van der Waals surface area contributed by atoms with E-state index in [0.717, 1.165) is 17.8 Å². The minimum atomic E-state index is -2.79. The highest BCUT2D eigenvalue weighted by Crippen LogP contribution is 2.24. The fourth-order valence-corrected chi connectivity index (χ4v) is 4.74. The molecule has 1 N–H and O–H groups in total. The van der Waals surface area contributed by atoms with Gasteiger partial charge in [0, 0.05) is 24.0 Å². The zero-order valence-electron chi connectivity index (χ0n) is 9.22. The molecule has 1 saturated heterocycles. The van der Waals surface area contributed by atoms with Crippen molar-refractivity contribution in [1.29, 1.82) is 0 Å². The molecule has 1 aromatic rings. The predicted octanol–water partition coefficient (Wildman–Crippen LogP) is 0.708. The quantitative estimate of drug-likeness (QED) is 0.866. The maximum absolute atomic E-state index is 11.4. The van der Waals surface area contributed by atoms with Crippen molar-refractivity contribution in [3.63, 3.8) is 0 Å². The number of nitrogens with zero attached hydrogens (tertiary/aromatic N) is 1. The summed E-state index contributed by atoms with van der Waals surface area (Å²) in [4.78, 5) is 4.24. The number of sulfone groups is 1. The lowest BCUT2D eigenvalue weighted by molar-refractivity contribution is 0.402. The smallest absolute Gasteiger partial charge is 0.150 e. The second-order valence-corrected chi connectivity index (χ2v) is 7.40. The summed E-state index contributed by atoms with van der Waals surface area (Å²) in [5, 5.41) is 6.25. The Labute approximate surface area is 100 Å². The highest BCUT2D eigenvalue weighted by atomic mass is 32.2. The Bertz CT molecular complexity index is 428. The van der Waals surface area contributed by atoms with E-state index in [4.69, 9.17) is 0 Å². The number of aromatic nitrogens is 1. The SMILES string of the molecule is CNC(Cc1nccs1)C1CCS(=O)(=O)C1. The van der Waals surface area contributed by atoms with Gasteiger partial charge in [0.2, 0.25) is 0 Å². The van der Waals surface area contributed by atoms with Gasteiger partial charge >= 0.3 is 0 Å². The molecule has 1 aliphatic rings. The molecule has 0 amide bonds. The Hall–Kier alpha value is -0.460. The van der Waals surface area contributed by atoms with Crippen molar-refractivity contribution in [3.8, 4) is 0 Å². The lowest BCUT2D eigenvalue weighted by atomic mass is 9.97. The fraction of sp³-hybridized carbons (Fsp3) is 0.700. The zero-order chi connectivity index (χ0) is 11.6. The molecule has 0 saturated carbocycles. The van der Waals surface area contributed by atoms with Crippen molar-refractivity contribution in [2.45, 2.75) is 18.9 Å². The number of nitrogens with one attached hydrogen (secondary N) is 1. The minimum absolute atomic E-state index is 0.225. The van der Waals surface area contributed by atoms with Gasteiger partial charge in [-0.25, -0.2) is 13.4 Å². The van der Waals surface area contributed by atoms with Gasteiger partial charge in [-0.3, -0.25) is 0 Å². The fourth-order valence-electron chi connectivity index (χ4n) is 2.19. The maximum Gasteiger partial charge on any atom is 0.150 e. The van der Waals surface area contributed by atoms with E-state index >= 15 is 0 Å². The Balaban J connectivity index is 2.01. The van der Waals surface area contributed by atoms with Crippen LogP contribution < -0.4 is 5.32 Å². The van der Waals surface area contributed by atoms with Gasteiger partial charge in [-0.15, -0.1) is 11.3 Å². The number of hydrogen-bond donors (Lipinski definition) is 1. The standard InChI is InChI=1S/C10H16N2O2S2/c1-11-9(6-10-12-3-4-15-10)8-2-5-16(13,14)7-8/h3-4,8-9,11H,2,5-7H2,1H3. The van der Waals surface area contributed by atoms with Crippen LogP contribution in [-0.2, 0) is 16.3 Å². The van der Waals surface area contributed by atoms with Crippen LogP contribution in [0.25, 0.3) is 0 Å². The van der Waals surface area contributed by atoms with Crippen LogP contribution in [0.3, 0.4) is 0 Å². The molecule has 1 fully saturated rings. The minimum Gasteiger partial charge on any atom is -0.316 e. The molecule has 2 rings (SSSR count). The summed E-state index contributed by atoms with van der Waals surface area (Å²) in [6.45, 7) is 0. The molecule has 2 unspecified atom stereocenters. The van der Waals surface area contributed by atoms with E-state index in [1.54, 1.807) is 17.5 Å². The third-order valence-corrected chi connectivity index (χ3v) is 5.68. The normalized spacial score (nSPS) is 25.7. The Morgan fingerprint density at radius 2 is 2.50 bits per heavy atom. The Morgan fingerprint density at radius 3 is 3.00 bits per heavy atom. The molecule has 2 heterocycles. The molecule has 6 heteroatoms. The van der Waals surface area contributed by atoms with Gasteiger partial charge in [0.1, 0.15) is 0 Å². The van der Waals surface area contributed by atoms with Gasteiger partial charge in [0.25, 0.3) is 0 Å². The van der Waals surface area contributed by atoms with Gasteiger partial charge in [0.15, 0.2) is 9.84 Å². The molecule has 0 aliphatic carbocycles. The van der Waals surface area contributed by atoms with Crippen molar-refractivity contribution in [1.82, 2.24) is 10.3 Å². The molecule has 4 nitrogen and oxygen atoms in total. The lowest BCUT2D eigenvalue weighted by Crippen LogP contribution is -2.36. The second-order valence-electron chi connectivity index (χ2n) is 4.19. The number of hydrogen-bond acceptors (Lipinski definition) is 5. The number of thiazole rings is 1. The van der Waals surface area contributed by atoms with Crippen LogP contribution in [0.5, 0.6) is 0 Å². The molecule has 0 radical (unpaired) electrons. The van der Waals surface area contributed by atoms with Crippen molar-refractivity contribution < 1.29 is 8.42 Å². The van der Waals surface area contributed by atoms with Gasteiger partial charge < -0.3 is 5.32 Å². The van der Waals surface area contributed by atoms with Crippen molar-refractivity contribution in [2.75, 3.05) is 18.6 Å². The average molecular weight is 260 g/mol. The molecule has 0 spiro atoms. The molecule has 90 valence electrons. The second kappa shape index (κ2) is 4.81. The summed E-state index contributed by atoms with van der Waals surface area (Å²) in [6.07, 6.45) is 3.39. The Kier molecular flexibility index (Phi) is 3.61. The molecular formula is C10H16N2O2S2. The molecule has 0 bridgehead atoms. The average Bonchev–Trinajstić information content (AvgIpc) is 2.83. The van der Waals surface area contributed by atoms with Crippen LogP contribution in [0.4, 0.5) is 0 Å². The van der Waals surface area contributed by atoms with E-state index in [0.29, 0.717) is 11.5 Å². The molecule has 1 aliphatic heterocycles. The van der Waals surface area contributed by atoms with E-state index in [-0.39, 0.29) is 12.0 Å². The topological polar surface area (TPSA) is 59.1 Å². The third kappa shape index (κ3) is 2.81. The Morgan fingerprint density at radius 1 is 1.69 bits per heavy atom. The first-order chi connectivity index (χ1) is 7.61. The van der Waals surface area contributed by atoms with Crippen LogP contribution in [0.2, 0.25) is 0 Å². The van der Waals surface area contributed by atoms with E-state index in [9.17, 15) is 8.42 Å². The largest absolute Gasteiger partial charge is 0.316 e. The number of likely N-dealkylation sites (N-methyl/N-ethyl adjacent to an activating group) is 1. The molecule has 16 heavy (non-hydrogen) atoms. The summed E-state index contributed by atoms with van der Waals surface area (Å²) in [6, 6.07) is 0.225. The molecule has 1 aromatic heterocycles. The summed E-state index contributed by atoms with van der Waals surface area (Å²) in [5.41, 5.74) is 0. The van der Waals surface area contributed by atoms with Crippen LogP contribution in [0, 0.1) is 5.92 Å². The highest BCUT2D eigenvalue weighted by molar-refractivity contribution is 7.91. The monoisotopic (exact) mass is 260 g/mol. The molecule has 0 aromatic carbocycles. The van der Waals surface area contributed by atoms with Crippen LogP contribution in [0.1, 0.15) is 11.4 Å². The van der Waals surface area contributed by atoms with Gasteiger partial charge in [0.05, 0.1) is 16.5 Å². The van der Waals surface area contributed by atoms with Crippen molar-refractivity contribution in [3.05, 3.63) is 16.6 Å². The van der Waals surface area contributed by atoms with Gasteiger partial charge in [-0.05, 0) is 19.4 Å². The summed E-state index contributed by atoms with van der Waals surface area (Å²) < 4.78 is 22.8. The summed E-state index contributed by atoms with van der Waals surface area (Å²) in [5.74, 6) is 0.899. The van der Waals surface area contributed by atoms with Crippen LogP contribution in [0.15, 0.2) is 11.6 Å². The van der Waals surface area contributed by atoms with E-state index in [2.05, 4.69) is 10.3 Å². The number of rotatable bonds is 4. The van der Waals surface area contributed by atoms with E-state index in [1.807, 2.05) is 12.4 Å². The zero-order valence-corrected chi connectivity index (χ0v) is 10.9. The first-order valence-corrected chi connectivity index (χ1v) is 8.07. The van der Waals surface area contributed by atoms with E-state index in [1.165, 1.54) is 0 Å². The maximum atomic E-state index is 11.4.